The van der Waals surface area contributed by atoms with Gasteiger partial charge in [0.15, 0.2) is 5.65 Å². The molecule has 4 aromatic rings. The van der Waals surface area contributed by atoms with Crippen molar-refractivity contribution in [3.05, 3.63) is 36.8 Å². The molecule has 0 saturated carbocycles. The normalized spacial score (nSPS) is 11.6. The molecule has 0 bridgehead atoms. The summed E-state index contributed by atoms with van der Waals surface area (Å²) in [6, 6.07) is 8.28. The van der Waals surface area contributed by atoms with E-state index in [1.807, 2.05) is 24.0 Å². The van der Waals surface area contributed by atoms with Gasteiger partial charge in [-0.2, -0.15) is 0 Å². The number of fused-ring (bicyclic) bond motifs is 2. The number of nitrogens with zero attached hydrogens (tertiary/aromatic N) is 3. The second-order valence-electron chi connectivity index (χ2n) is 5.31. The van der Waals surface area contributed by atoms with Gasteiger partial charge in [0.2, 0.25) is 0 Å². The number of aryl methyl sites for hydroxylation is 2. The zero-order chi connectivity index (χ0) is 14.6. The van der Waals surface area contributed by atoms with Gasteiger partial charge in [0.05, 0.1) is 24.6 Å². The average molecular weight is 280 g/mol. The number of ether oxygens (including phenoxy) is 1. The van der Waals surface area contributed by atoms with E-state index in [1.165, 1.54) is 10.9 Å². The van der Waals surface area contributed by atoms with E-state index in [2.05, 4.69) is 46.0 Å². The molecule has 0 aliphatic carbocycles. The van der Waals surface area contributed by atoms with Gasteiger partial charge in [0.25, 0.3) is 0 Å². The highest BCUT2D eigenvalue weighted by Gasteiger charge is 2.13. The smallest absolute Gasteiger partial charge is 0.156 e. The average Bonchev–Trinajstić information content (AvgIpc) is 3.14. The Morgan fingerprint density at radius 1 is 1.10 bits per heavy atom. The summed E-state index contributed by atoms with van der Waals surface area (Å²) >= 11 is 0. The number of H-pyrrole nitrogens is 1. The third kappa shape index (κ3) is 1.67. The number of hydrogen-bond acceptors (Lipinski definition) is 2. The summed E-state index contributed by atoms with van der Waals surface area (Å²) in [5.74, 6) is 0.865. The molecule has 0 fully saturated rings. The SMILES string of the molecule is COc1ccc2c(c1)c(-c1cc3c(ncn3C)[nH]1)cn2C. The summed E-state index contributed by atoms with van der Waals surface area (Å²) in [6.07, 6.45) is 3.95. The molecule has 0 radical (unpaired) electrons. The predicted octanol–water partition coefficient (Wildman–Crippen LogP) is 3.07. The van der Waals surface area contributed by atoms with Crippen molar-refractivity contribution >= 4 is 22.1 Å². The van der Waals surface area contributed by atoms with Crippen molar-refractivity contribution < 1.29 is 4.74 Å². The lowest BCUT2D eigenvalue weighted by Crippen LogP contribution is -1.85. The van der Waals surface area contributed by atoms with Crippen molar-refractivity contribution in [2.45, 2.75) is 0 Å². The topological polar surface area (TPSA) is 47.8 Å². The molecule has 0 aliphatic heterocycles. The third-order valence-electron chi connectivity index (χ3n) is 4.00. The maximum Gasteiger partial charge on any atom is 0.156 e. The molecule has 21 heavy (non-hydrogen) atoms. The minimum absolute atomic E-state index is 0.865. The lowest BCUT2D eigenvalue weighted by atomic mass is 10.1. The highest BCUT2D eigenvalue weighted by molar-refractivity contribution is 5.98. The van der Waals surface area contributed by atoms with Gasteiger partial charge in [-0.25, -0.2) is 4.98 Å². The van der Waals surface area contributed by atoms with E-state index in [4.69, 9.17) is 4.74 Å². The van der Waals surface area contributed by atoms with Crippen LogP contribution in [-0.4, -0.2) is 26.2 Å². The number of benzene rings is 1. The Labute approximate surface area is 121 Å². The molecule has 0 saturated heterocycles. The Bertz CT molecular complexity index is 958. The summed E-state index contributed by atoms with van der Waals surface area (Å²) in [7, 11) is 5.74. The van der Waals surface area contributed by atoms with Crippen LogP contribution in [-0.2, 0) is 14.1 Å². The van der Waals surface area contributed by atoms with Crippen LogP contribution in [0.1, 0.15) is 0 Å². The number of hydrogen-bond donors (Lipinski definition) is 1. The molecule has 1 aromatic carbocycles. The Morgan fingerprint density at radius 2 is 1.95 bits per heavy atom. The van der Waals surface area contributed by atoms with Gasteiger partial charge in [-0.15, -0.1) is 0 Å². The molecule has 0 aliphatic rings. The standard InChI is InChI=1S/C16H16N4O/c1-19-8-12(11-6-10(21-3)4-5-14(11)19)13-7-15-16(18-13)17-9-20(15)2/h4-9,18H,1-3H3. The number of aromatic nitrogens is 4. The number of rotatable bonds is 2. The van der Waals surface area contributed by atoms with Crippen LogP contribution in [0.2, 0.25) is 0 Å². The fourth-order valence-corrected chi connectivity index (χ4v) is 2.86. The predicted molar refractivity (Wildman–Crippen MR) is 83.5 cm³/mol. The zero-order valence-electron chi connectivity index (χ0n) is 12.2. The first-order valence-corrected chi connectivity index (χ1v) is 6.81. The van der Waals surface area contributed by atoms with Crippen LogP contribution in [0.5, 0.6) is 5.75 Å². The Morgan fingerprint density at radius 3 is 2.71 bits per heavy atom. The minimum Gasteiger partial charge on any atom is -0.497 e. The van der Waals surface area contributed by atoms with Crippen molar-refractivity contribution in [2.24, 2.45) is 14.1 Å². The van der Waals surface area contributed by atoms with Gasteiger partial charge in [-0.05, 0) is 24.3 Å². The first-order chi connectivity index (χ1) is 10.2. The van der Waals surface area contributed by atoms with Crippen molar-refractivity contribution in [1.82, 2.24) is 19.1 Å². The lowest BCUT2D eigenvalue weighted by Gasteiger charge is -2.01. The number of imidazole rings is 1. The number of nitrogens with one attached hydrogen (secondary N) is 1. The summed E-state index contributed by atoms with van der Waals surface area (Å²) in [4.78, 5) is 7.75. The maximum atomic E-state index is 5.35. The highest BCUT2D eigenvalue weighted by Crippen LogP contribution is 2.33. The van der Waals surface area contributed by atoms with E-state index in [0.29, 0.717) is 0 Å². The van der Waals surface area contributed by atoms with Crippen LogP contribution in [0.3, 0.4) is 0 Å². The first-order valence-electron chi connectivity index (χ1n) is 6.81. The van der Waals surface area contributed by atoms with Crippen LogP contribution in [0.25, 0.3) is 33.3 Å². The number of methoxy groups -OCH3 is 1. The molecule has 3 heterocycles. The van der Waals surface area contributed by atoms with Crippen LogP contribution in [0.15, 0.2) is 36.8 Å². The summed E-state index contributed by atoms with van der Waals surface area (Å²) in [5, 5.41) is 1.17. The van der Waals surface area contributed by atoms with Crippen LogP contribution in [0.4, 0.5) is 0 Å². The summed E-state index contributed by atoms with van der Waals surface area (Å²) < 4.78 is 9.49. The van der Waals surface area contributed by atoms with Gasteiger partial charge in [-0.3, -0.25) is 0 Å². The molecule has 0 amide bonds. The molecule has 4 rings (SSSR count). The van der Waals surface area contributed by atoms with E-state index in [-0.39, 0.29) is 0 Å². The fourth-order valence-electron chi connectivity index (χ4n) is 2.86. The highest BCUT2D eigenvalue weighted by atomic mass is 16.5. The van der Waals surface area contributed by atoms with Crippen molar-refractivity contribution in [1.29, 1.82) is 0 Å². The Balaban J connectivity index is 2.00. The quantitative estimate of drug-likeness (QED) is 0.613. The van der Waals surface area contributed by atoms with E-state index >= 15 is 0 Å². The molecular weight excluding hydrogens is 264 g/mol. The first kappa shape index (κ1) is 12.1. The molecule has 5 heteroatoms. The zero-order valence-corrected chi connectivity index (χ0v) is 12.2. The molecule has 5 nitrogen and oxygen atoms in total. The molecule has 0 atom stereocenters. The summed E-state index contributed by atoms with van der Waals surface area (Å²) in [6.45, 7) is 0. The van der Waals surface area contributed by atoms with Gasteiger partial charge in [-0.1, -0.05) is 0 Å². The largest absolute Gasteiger partial charge is 0.497 e. The fraction of sp³-hybridized carbons (Fsp3) is 0.188. The molecule has 106 valence electrons. The molecule has 3 aromatic heterocycles. The second kappa shape index (κ2) is 4.15. The third-order valence-corrected chi connectivity index (χ3v) is 4.00. The lowest BCUT2D eigenvalue weighted by molar-refractivity contribution is 0.415. The number of aromatic amines is 1. The van der Waals surface area contributed by atoms with Gasteiger partial charge < -0.3 is 18.9 Å². The molecule has 0 spiro atoms. The Kier molecular flexibility index (Phi) is 2.39. The molecule has 0 unspecified atom stereocenters. The van der Waals surface area contributed by atoms with Gasteiger partial charge >= 0.3 is 0 Å². The van der Waals surface area contributed by atoms with E-state index in [0.717, 1.165) is 28.2 Å². The minimum atomic E-state index is 0.865. The van der Waals surface area contributed by atoms with E-state index in [1.54, 1.807) is 7.11 Å². The van der Waals surface area contributed by atoms with Crippen LogP contribution < -0.4 is 4.74 Å². The molecular formula is C16H16N4O. The van der Waals surface area contributed by atoms with Crippen molar-refractivity contribution in [3.63, 3.8) is 0 Å². The van der Waals surface area contributed by atoms with E-state index in [9.17, 15) is 0 Å². The van der Waals surface area contributed by atoms with Crippen LogP contribution >= 0.6 is 0 Å². The second-order valence-corrected chi connectivity index (χ2v) is 5.31. The maximum absolute atomic E-state index is 5.35. The Hall–Kier alpha value is -2.69. The van der Waals surface area contributed by atoms with E-state index < -0.39 is 0 Å². The monoisotopic (exact) mass is 280 g/mol. The van der Waals surface area contributed by atoms with Gasteiger partial charge in [0.1, 0.15) is 5.75 Å². The summed E-state index contributed by atoms with van der Waals surface area (Å²) in [5.41, 5.74) is 5.42. The van der Waals surface area contributed by atoms with Crippen molar-refractivity contribution in [3.8, 4) is 17.0 Å². The van der Waals surface area contributed by atoms with Crippen molar-refractivity contribution in [2.75, 3.05) is 7.11 Å². The molecule has 1 N–H and O–H groups in total. The van der Waals surface area contributed by atoms with Gasteiger partial charge in [0, 0.05) is 36.8 Å². The van der Waals surface area contributed by atoms with Crippen LogP contribution in [0, 0.1) is 0 Å².